The molecule has 1 saturated carbocycles. The van der Waals surface area contributed by atoms with Gasteiger partial charge >= 0.3 is 0 Å². The number of benzene rings is 1. The highest BCUT2D eigenvalue weighted by Gasteiger charge is 2.47. The number of nitrogen functional groups attached to an aromatic ring is 1. The van der Waals surface area contributed by atoms with Gasteiger partial charge in [-0.25, -0.2) is 4.98 Å². The van der Waals surface area contributed by atoms with Crippen LogP contribution >= 0.6 is 0 Å². The first-order chi connectivity index (χ1) is 16.1. The van der Waals surface area contributed by atoms with E-state index >= 15 is 0 Å². The molecule has 4 aromatic rings. The van der Waals surface area contributed by atoms with E-state index in [-0.39, 0.29) is 5.41 Å². The Balaban J connectivity index is 1.44. The van der Waals surface area contributed by atoms with Crippen LogP contribution in [0.1, 0.15) is 50.6 Å². The number of nitrogens with two attached hydrogens (primary N) is 1. The summed E-state index contributed by atoms with van der Waals surface area (Å²) in [6.07, 6.45) is 7.58. The molecule has 0 amide bonds. The molecule has 0 aliphatic heterocycles. The molecule has 5 rings (SSSR count). The molecule has 1 unspecified atom stereocenters. The molecule has 1 atom stereocenters. The zero-order chi connectivity index (χ0) is 24.1. The lowest BCUT2D eigenvalue weighted by Crippen LogP contribution is -2.28. The van der Waals surface area contributed by atoms with Gasteiger partial charge in [0, 0.05) is 18.0 Å². The van der Waals surface area contributed by atoms with Gasteiger partial charge in [-0.3, -0.25) is 4.68 Å². The van der Waals surface area contributed by atoms with Crippen molar-refractivity contribution in [3.63, 3.8) is 0 Å². The first kappa shape index (κ1) is 22.3. The Kier molecular flexibility index (Phi) is 5.28. The second kappa shape index (κ2) is 8.06. The highest BCUT2D eigenvalue weighted by atomic mass is 16.5. The number of aryl methyl sites for hydroxylation is 1. The maximum Gasteiger partial charge on any atom is 0.261 e. The lowest BCUT2D eigenvalue weighted by Gasteiger charge is -2.27. The smallest absolute Gasteiger partial charge is 0.261 e. The molecular formula is C26H30N6O2. The Morgan fingerprint density at radius 3 is 2.47 bits per heavy atom. The molecule has 3 heterocycles. The lowest BCUT2D eigenvalue weighted by molar-refractivity contribution is 0.0577. The highest BCUT2D eigenvalue weighted by Crippen LogP contribution is 2.50. The van der Waals surface area contributed by atoms with Crippen LogP contribution in [0.5, 0.6) is 0 Å². The van der Waals surface area contributed by atoms with Crippen molar-refractivity contribution in [3.8, 4) is 22.6 Å². The molecule has 0 bridgehead atoms. The number of aromatic nitrogens is 5. The first-order valence-corrected chi connectivity index (χ1v) is 11.6. The summed E-state index contributed by atoms with van der Waals surface area (Å²) >= 11 is 0. The summed E-state index contributed by atoms with van der Waals surface area (Å²) in [5.41, 5.74) is 9.65. The number of anilines is 1. The average Bonchev–Trinajstić information content (AvgIpc) is 3.36. The molecule has 3 N–H and O–H groups in total. The van der Waals surface area contributed by atoms with Gasteiger partial charge in [-0.05, 0) is 69.2 Å². The van der Waals surface area contributed by atoms with E-state index in [1.54, 1.807) is 30.9 Å². The van der Waals surface area contributed by atoms with E-state index in [1.807, 2.05) is 13.1 Å². The van der Waals surface area contributed by atoms with E-state index in [0.29, 0.717) is 30.0 Å². The average molecular weight is 459 g/mol. The normalized spacial score (nSPS) is 15.9. The van der Waals surface area contributed by atoms with E-state index < -0.39 is 5.60 Å². The zero-order valence-corrected chi connectivity index (χ0v) is 20.0. The van der Waals surface area contributed by atoms with Crippen molar-refractivity contribution in [1.82, 2.24) is 24.9 Å². The Labute approximate surface area is 198 Å². The molecule has 8 heteroatoms. The van der Waals surface area contributed by atoms with Crippen LogP contribution in [0.3, 0.4) is 0 Å². The van der Waals surface area contributed by atoms with Crippen LogP contribution in [0.2, 0.25) is 0 Å². The summed E-state index contributed by atoms with van der Waals surface area (Å²) < 4.78 is 7.35. The van der Waals surface area contributed by atoms with Crippen LogP contribution in [-0.2, 0) is 12.0 Å². The minimum Gasteiger partial charge on any atom is -0.389 e. The van der Waals surface area contributed by atoms with Crippen molar-refractivity contribution in [1.29, 1.82) is 0 Å². The third-order valence-electron chi connectivity index (χ3n) is 6.65. The number of nitrogens with zero attached hydrogens (tertiary/aromatic N) is 5. The van der Waals surface area contributed by atoms with Gasteiger partial charge in [0.1, 0.15) is 5.82 Å². The van der Waals surface area contributed by atoms with E-state index in [0.717, 1.165) is 40.7 Å². The van der Waals surface area contributed by atoms with Crippen LogP contribution in [0.15, 0.2) is 53.4 Å². The van der Waals surface area contributed by atoms with E-state index in [1.165, 1.54) is 0 Å². The summed E-state index contributed by atoms with van der Waals surface area (Å²) in [7, 11) is 0. The molecule has 0 spiro atoms. The van der Waals surface area contributed by atoms with Gasteiger partial charge in [-0.15, -0.1) is 0 Å². The molecule has 0 radical (unpaired) electrons. The van der Waals surface area contributed by atoms with Gasteiger partial charge in [0.25, 0.3) is 5.89 Å². The predicted molar refractivity (Wildman–Crippen MR) is 130 cm³/mol. The van der Waals surface area contributed by atoms with Crippen molar-refractivity contribution in [2.24, 2.45) is 5.92 Å². The van der Waals surface area contributed by atoms with Crippen molar-refractivity contribution in [2.75, 3.05) is 5.73 Å². The van der Waals surface area contributed by atoms with Crippen molar-refractivity contribution in [2.45, 2.75) is 58.1 Å². The summed E-state index contributed by atoms with van der Waals surface area (Å²) in [6, 6.07) is 10.6. The quantitative estimate of drug-likeness (QED) is 0.422. The second-order valence-electron chi connectivity index (χ2n) is 10.1. The molecule has 1 aliphatic carbocycles. The van der Waals surface area contributed by atoms with Crippen LogP contribution < -0.4 is 5.73 Å². The monoisotopic (exact) mass is 458 g/mol. The zero-order valence-electron chi connectivity index (χ0n) is 20.0. The van der Waals surface area contributed by atoms with Crippen LogP contribution in [0.25, 0.3) is 22.6 Å². The Bertz CT molecular complexity index is 1310. The van der Waals surface area contributed by atoms with Crippen LogP contribution in [0, 0.1) is 12.8 Å². The van der Waals surface area contributed by atoms with E-state index in [2.05, 4.69) is 52.5 Å². The lowest BCUT2D eigenvalue weighted by atomic mass is 9.76. The van der Waals surface area contributed by atoms with Gasteiger partial charge in [-0.2, -0.15) is 10.1 Å². The predicted octanol–water partition coefficient (Wildman–Crippen LogP) is 4.37. The van der Waals surface area contributed by atoms with E-state index in [4.69, 9.17) is 15.2 Å². The second-order valence-corrected chi connectivity index (χ2v) is 10.1. The summed E-state index contributed by atoms with van der Waals surface area (Å²) in [5, 5.41) is 18.8. The summed E-state index contributed by atoms with van der Waals surface area (Å²) in [5.74, 6) is 2.13. The maximum absolute atomic E-state index is 10.1. The number of pyridine rings is 1. The number of rotatable bonds is 7. The molecule has 1 aromatic carbocycles. The largest absolute Gasteiger partial charge is 0.389 e. The third kappa shape index (κ3) is 4.21. The molecular weight excluding hydrogens is 428 g/mol. The third-order valence-corrected chi connectivity index (χ3v) is 6.65. The fourth-order valence-corrected chi connectivity index (χ4v) is 4.47. The Morgan fingerprint density at radius 1 is 1.09 bits per heavy atom. The summed E-state index contributed by atoms with van der Waals surface area (Å²) in [4.78, 5) is 9.07. The standard InChI is InChI=1S/C26H30N6O2/c1-16-11-18(12-28-22(16)27)17-5-7-20(8-6-17)26(4,21-9-10-21)24-30-23(34-31-24)19-13-29-32(14-19)15-25(2,3)33/h5-8,11-14,21,33H,9-10,15H2,1-4H3,(H2,27,28). The minimum atomic E-state index is -0.860. The van der Waals surface area contributed by atoms with Crippen molar-refractivity contribution >= 4 is 5.82 Å². The Morgan fingerprint density at radius 2 is 1.82 bits per heavy atom. The number of hydrogen-bond acceptors (Lipinski definition) is 7. The van der Waals surface area contributed by atoms with Gasteiger partial charge in [0.2, 0.25) is 0 Å². The molecule has 3 aromatic heterocycles. The molecule has 8 nitrogen and oxygen atoms in total. The fourth-order valence-electron chi connectivity index (χ4n) is 4.47. The number of hydrogen-bond donors (Lipinski definition) is 2. The van der Waals surface area contributed by atoms with E-state index in [9.17, 15) is 5.11 Å². The first-order valence-electron chi connectivity index (χ1n) is 11.6. The number of aliphatic hydroxyl groups is 1. The van der Waals surface area contributed by atoms with Gasteiger partial charge in [0.05, 0.1) is 29.3 Å². The van der Waals surface area contributed by atoms with Crippen molar-refractivity contribution in [3.05, 3.63) is 65.9 Å². The van der Waals surface area contributed by atoms with Crippen LogP contribution in [-0.4, -0.2) is 35.6 Å². The molecule has 1 fully saturated rings. The SMILES string of the molecule is Cc1cc(-c2ccc(C(C)(c3noc(-c4cnn(CC(C)(C)O)c4)n3)C3CC3)cc2)cnc1N. The highest BCUT2D eigenvalue weighted by molar-refractivity contribution is 5.66. The summed E-state index contributed by atoms with van der Waals surface area (Å²) in [6.45, 7) is 8.03. The molecule has 176 valence electrons. The van der Waals surface area contributed by atoms with Crippen molar-refractivity contribution < 1.29 is 9.63 Å². The molecule has 1 aliphatic rings. The fraction of sp³-hybridized carbons (Fsp3) is 0.385. The maximum atomic E-state index is 10.1. The van der Waals surface area contributed by atoms with Gasteiger partial charge in [-0.1, -0.05) is 29.4 Å². The van der Waals surface area contributed by atoms with Gasteiger partial charge in [0.15, 0.2) is 5.82 Å². The molecule has 34 heavy (non-hydrogen) atoms. The minimum absolute atomic E-state index is 0.349. The Hall–Kier alpha value is -3.52. The molecule has 0 saturated heterocycles. The van der Waals surface area contributed by atoms with Gasteiger partial charge < -0.3 is 15.4 Å². The van der Waals surface area contributed by atoms with Crippen LogP contribution in [0.4, 0.5) is 5.82 Å². The topological polar surface area (TPSA) is 116 Å².